The van der Waals surface area contributed by atoms with Crippen molar-refractivity contribution in [1.29, 1.82) is 0 Å². The predicted octanol–water partition coefficient (Wildman–Crippen LogP) is 9.30. The predicted molar refractivity (Wildman–Crippen MR) is 183 cm³/mol. The molecule has 4 atom stereocenters. The molecule has 2 saturated carbocycles. The molecule has 5 heteroatoms. The lowest BCUT2D eigenvalue weighted by Gasteiger charge is -2.43. The van der Waals surface area contributed by atoms with Crippen LogP contribution in [0.25, 0.3) is 10.8 Å². The molecule has 8 rings (SSSR count). The maximum Gasteiger partial charge on any atom is 0.410 e. The second-order valence-corrected chi connectivity index (χ2v) is 15.0. The SMILES string of the molecule is CC1=CCCC2(C)C(CCC23CN(Cc2cccc4ccccc24)C(=O)O3)c2ccc(cc2C(=O)C2CCCCC2)CC(O)CC1. The van der Waals surface area contributed by atoms with E-state index in [-0.39, 0.29) is 29.1 Å². The molecule has 1 N–H and O–H groups in total. The zero-order valence-corrected chi connectivity index (χ0v) is 27.6. The summed E-state index contributed by atoms with van der Waals surface area (Å²) in [7, 11) is 0. The summed E-state index contributed by atoms with van der Waals surface area (Å²) in [6, 6.07) is 21.1. The zero-order chi connectivity index (χ0) is 31.9. The van der Waals surface area contributed by atoms with Crippen molar-refractivity contribution >= 4 is 22.6 Å². The molecule has 1 saturated heterocycles. The Morgan fingerprint density at radius 2 is 1.78 bits per heavy atom. The van der Waals surface area contributed by atoms with Gasteiger partial charge in [-0.1, -0.05) is 92.4 Å². The Kier molecular flexibility index (Phi) is 8.56. The van der Waals surface area contributed by atoms with E-state index in [1.165, 1.54) is 22.8 Å². The van der Waals surface area contributed by atoms with Crippen molar-refractivity contribution in [2.75, 3.05) is 6.54 Å². The van der Waals surface area contributed by atoms with Crippen molar-refractivity contribution < 1.29 is 19.4 Å². The van der Waals surface area contributed by atoms with Gasteiger partial charge in [-0.15, -0.1) is 0 Å². The lowest BCUT2D eigenvalue weighted by atomic mass is 9.64. The third-order valence-corrected chi connectivity index (χ3v) is 12.1. The number of nitrogens with zero attached hydrogens (tertiary/aromatic N) is 1. The number of amides is 1. The molecule has 1 aliphatic heterocycles. The fourth-order valence-corrected chi connectivity index (χ4v) is 9.34. The number of Topliss-reactive ketones (excluding diaryl/α,β-unsaturated/α-hetero) is 1. The topological polar surface area (TPSA) is 66.8 Å². The van der Waals surface area contributed by atoms with Crippen LogP contribution < -0.4 is 0 Å². The molecule has 242 valence electrons. The second kappa shape index (κ2) is 12.6. The minimum absolute atomic E-state index is 0.0688. The Labute approximate surface area is 274 Å². The molecule has 1 heterocycles. The van der Waals surface area contributed by atoms with E-state index in [2.05, 4.69) is 80.6 Å². The molecular formula is C41H49NO4. The first kappa shape index (κ1) is 31.2. The van der Waals surface area contributed by atoms with E-state index in [0.29, 0.717) is 25.9 Å². The van der Waals surface area contributed by atoms with Gasteiger partial charge in [0.2, 0.25) is 0 Å². The van der Waals surface area contributed by atoms with Crippen molar-refractivity contribution in [3.63, 3.8) is 0 Å². The van der Waals surface area contributed by atoms with E-state index < -0.39 is 11.7 Å². The third-order valence-electron chi connectivity index (χ3n) is 12.1. The maximum atomic E-state index is 14.3. The van der Waals surface area contributed by atoms with Gasteiger partial charge in [-0.25, -0.2) is 4.79 Å². The second-order valence-electron chi connectivity index (χ2n) is 15.0. The average molecular weight is 620 g/mol. The van der Waals surface area contributed by atoms with Crippen LogP contribution in [-0.2, 0) is 17.7 Å². The van der Waals surface area contributed by atoms with Crippen LogP contribution >= 0.6 is 0 Å². The van der Waals surface area contributed by atoms with Crippen molar-refractivity contribution in [3.8, 4) is 0 Å². The Bertz CT molecular complexity index is 1650. The first-order valence-corrected chi connectivity index (χ1v) is 17.7. The van der Waals surface area contributed by atoms with E-state index in [4.69, 9.17) is 4.74 Å². The largest absolute Gasteiger partial charge is 0.440 e. The third kappa shape index (κ3) is 5.70. The molecule has 5 nitrogen and oxygen atoms in total. The molecule has 4 unspecified atom stereocenters. The molecular weight excluding hydrogens is 570 g/mol. The monoisotopic (exact) mass is 619 g/mol. The lowest BCUT2D eigenvalue weighted by molar-refractivity contribution is -0.0373. The first-order chi connectivity index (χ1) is 22.3. The number of rotatable bonds is 4. The number of ether oxygens (including phenoxy) is 1. The van der Waals surface area contributed by atoms with E-state index in [1.54, 1.807) is 0 Å². The van der Waals surface area contributed by atoms with Crippen molar-refractivity contribution in [2.24, 2.45) is 11.3 Å². The minimum Gasteiger partial charge on any atom is -0.440 e. The van der Waals surface area contributed by atoms with Crippen LogP contribution in [0.3, 0.4) is 0 Å². The summed E-state index contributed by atoms with van der Waals surface area (Å²) < 4.78 is 6.59. The normalized spacial score (nSPS) is 29.1. The van der Waals surface area contributed by atoms with Crippen LogP contribution in [0.2, 0.25) is 0 Å². The lowest BCUT2D eigenvalue weighted by Crippen LogP contribution is -2.48. The highest BCUT2D eigenvalue weighted by atomic mass is 16.6. The summed E-state index contributed by atoms with van der Waals surface area (Å²) >= 11 is 0. The molecule has 0 radical (unpaired) electrons. The molecule has 1 amide bonds. The average Bonchev–Trinajstić information content (AvgIpc) is 3.53. The molecule has 46 heavy (non-hydrogen) atoms. The summed E-state index contributed by atoms with van der Waals surface area (Å²) in [5, 5.41) is 13.3. The summed E-state index contributed by atoms with van der Waals surface area (Å²) in [5.41, 5.74) is 4.47. The molecule has 3 aromatic rings. The molecule has 5 aliphatic rings. The number of carbonyl (C=O) groups is 2. The maximum absolute atomic E-state index is 14.3. The van der Waals surface area contributed by atoms with Gasteiger partial charge in [0.15, 0.2) is 5.78 Å². The van der Waals surface area contributed by atoms with Crippen molar-refractivity contribution in [1.82, 2.24) is 4.90 Å². The summed E-state index contributed by atoms with van der Waals surface area (Å²) in [5.74, 6) is 0.438. The Morgan fingerprint density at radius 1 is 0.978 bits per heavy atom. The van der Waals surface area contributed by atoms with Crippen LogP contribution in [0.1, 0.15) is 117 Å². The Hall–Kier alpha value is -3.44. The summed E-state index contributed by atoms with van der Waals surface area (Å²) in [6.45, 7) is 5.57. The van der Waals surface area contributed by atoms with Gasteiger partial charge < -0.3 is 9.84 Å². The van der Waals surface area contributed by atoms with Crippen LogP contribution in [0.15, 0.2) is 72.3 Å². The highest BCUT2D eigenvalue weighted by Crippen LogP contribution is 2.62. The first-order valence-electron chi connectivity index (χ1n) is 17.7. The van der Waals surface area contributed by atoms with Gasteiger partial charge in [-0.2, -0.15) is 0 Å². The highest BCUT2D eigenvalue weighted by Gasteiger charge is 2.64. The van der Waals surface area contributed by atoms with E-state index in [0.717, 1.165) is 80.0 Å². The number of hydrogen-bond donors (Lipinski definition) is 1. The molecule has 0 aromatic heterocycles. The molecule has 3 fully saturated rings. The number of carbonyl (C=O) groups excluding carboxylic acids is 2. The van der Waals surface area contributed by atoms with E-state index in [1.807, 2.05) is 4.90 Å². The van der Waals surface area contributed by atoms with Crippen LogP contribution in [0.5, 0.6) is 0 Å². The van der Waals surface area contributed by atoms with Crippen molar-refractivity contribution in [2.45, 2.75) is 115 Å². The van der Waals surface area contributed by atoms with Crippen molar-refractivity contribution in [3.05, 3.63) is 94.6 Å². The highest BCUT2D eigenvalue weighted by molar-refractivity contribution is 5.99. The van der Waals surface area contributed by atoms with E-state index in [9.17, 15) is 14.7 Å². The van der Waals surface area contributed by atoms with Gasteiger partial charge >= 0.3 is 6.09 Å². The van der Waals surface area contributed by atoms with Gasteiger partial charge in [-0.05, 0) is 104 Å². The Balaban J connectivity index is 1.27. The molecule has 2 bridgehead atoms. The smallest absolute Gasteiger partial charge is 0.410 e. The molecule has 1 spiro atoms. The van der Waals surface area contributed by atoms with Gasteiger partial charge in [-0.3, -0.25) is 9.69 Å². The van der Waals surface area contributed by atoms with Crippen LogP contribution in [0.4, 0.5) is 4.79 Å². The van der Waals surface area contributed by atoms with Crippen LogP contribution in [0, 0.1) is 11.3 Å². The van der Waals surface area contributed by atoms with Gasteiger partial charge in [0.1, 0.15) is 5.60 Å². The minimum atomic E-state index is -0.627. The summed E-state index contributed by atoms with van der Waals surface area (Å²) in [6.07, 6.45) is 12.5. The molecule has 4 aliphatic carbocycles. The quantitative estimate of drug-likeness (QED) is 0.233. The number of aliphatic hydroxyl groups is 1. The standard InChI is InChI=1S/C41H49NO4/c1-28-10-9-22-40(2)37(35-20-18-29(24-33(43)19-17-28)25-36(35)38(44)31-12-4-3-5-13-31)21-23-41(40)27-42(39(45)46-41)26-32-15-8-14-30-11-6-7-16-34(30)32/h6-8,10-11,14-16,18,20,25,31,33,37,43H,3-5,9,12-13,17,19,21-24,26-27H2,1-2H3. The summed E-state index contributed by atoms with van der Waals surface area (Å²) in [4.78, 5) is 30.0. The Morgan fingerprint density at radius 3 is 2.63 bits per heavy atom. The van der Waals surface area contributed by atoms with E-state index >= 15 is 0 Å². The van der Waals surface area contributed by atoms with Crippen LogP contribution in [-0.4, -0.2) is 40.1 Å². The number of aliphatic hydroxyl groups excluding tert-OH is 1. The van der Waals surface area contributed by atoms with Gasteiger partial charge in [0.25, 0.3) is 0 Å². The number of allylic oxidation sites excluding steroid dienone is 2. The fourth-order valence-electron chi connectivity index (χ4n) is 9.34. The van der Waals surface area contributed by atoms with Gasteiger partial charge in [0, 0.05) is 23.4 Å². The zero-order valence-electron chi connectivity index (χ0n) is 27.6. The van der Waals surface area contributed by atoms with Gasteiger partial charge in [0.05, 0.1) is 12.6 Å². The number of ketones is 1. The fraction of sp³-hybridized carbons (Fsp3) is 0.512. The number of fused-ring (bicyclic) bond motifs is 9. The number of hydrogen-bond acceptors (Lipinski definition) is 4. The number of benzene rings is 3. The molecule has 3 aromatic carbocycles.